The molecule has 1 atom stereocenters. The number of alkyl halides is 1. The molecule has 1 rings (SSSR count). The van der Waals surface area contributed by atoms with Gasteiger partial charge in [-0.1, -0.05) is 6.92 Å². The highest BCUT2D eigenvalue weighted by atomic mass is 35.5. The molecule has 0 amide bonds. The van der Waals surface area contributed by atoms with Crippen LogP contribution in [0.25, 0.3) is 0 Å². The van der Waals surface area contributed by atoms with E-state index in [2.05, 4.69) is 11.8 Å². The molecule has 1 saturated heterocycles. The van der Waals surface area contributed by atoms with E-state index in [1.54, 1.807) is 0 Å². The minimum absolute atomic E-state index is 0.373. The van der Waals surface area contributed by atoms with Crippen LogP contribution in [-0.2, 0) is 0 Å². The van der Waals surface area contributed by atoms with E-state index < -0.39 is 0 Å². The summed E-state index contributed by atoms with van der Waals surface area (Å²) in [6.07, 6.45) is 3.83. The zero-order valence-corrected chi connectivity index (χ0v) is 7.40. The van der Waals surface area contributed by atoms with Crippen molar-refractivity contribution in [2.45, 2.75) is 31.6 Å². The first-order valence-electron chi connectivity index (χ1n) is 4.19. The van der Waals surface area contributed by atoms with Crippen molar-refractivity contribution in [2.24, 2.45) is 0 Å². The third kappa shape index (κ3) is 2.47. The fourth-order valence-electron chi connectivity index (χ4n) is 1.37. The lowest BCUT2D eigenvalue weighted by Gasteiger charge is -2.16. The van der Waals surface area contributed by atoms with E-state index in [0.29, 0.717) is 5.38 Å². The third-order valence-corrected chi connectivity index (χ3v) is 2.54. The van der Waals surface area contributed by atoms with E-state index in [1.807, 2.05) is 0 Å². The Labute approximate surface area is 68.4 Å². The van der Waals surface area contributed by atoms with Gasteiger partial charge in [-0.05, 0) is 32.4 Å². The molecule has 60 valence electrons. The van der Waals surface area contributed by atoms with E-state index in [1.165, 1.54) is 25.9 Å². The first-order valence-corrected chi connectivity index (χ1v) is 4.63. The van der Waals surface area contributed by atoms with E-state index in [0.717, 1.165) is 13.0 Å². The standard InChI is InChI=1S/C8H16ClN/c1-2-8(9)7-10-5-3-4-6-10/h8H,2-7H2,1H3. The van der Waals surface area contributed by atoms with Gasteiger partial charge in [-0.2, -0.15) is 0 Å². The molecule has 1 aliphatic rings. The van der Waals surface area contributed by atoms with Gasteiger partial charge in [0.1, 0.15) is 0 Å². The highest BCUT2D eigenvalue weighted by Crippen LogP contribution is 2.11. The van der Waals surface area contributed by atoms with Crippen LogP contribution in [0, 0.1) is 0 Å². The molecule has 1 unspecified atom stereocenters. The lowest BCUT2D eigenvalue weighted by molar-refractivity contribution is 0.335. The molecule has 0 radical (unpaired) electrons. The van der Waals surface area contributed by atoms with Crippen molar-refractivity contribution >= 4 is 11.6 Å². The van der Waals surface area contributed by atoms with Gasteiger partial charge in [-0.15, -0.1) is 11.6 Å². The van der Waals surface area contributed by atoms with Crippen LogP contribution in [0.2, 0.25) is 0 Å². The summed E-state index contributed by atoms with van der Waals surface area (Å²) in [6, 6.07) is 0. The zero-order chi connectivity index (χ0) is 7.40. The Morgan fingerprint density at radius 1 is 1.40 bits per heavy atom. The number of rotatable bonds is 3. The zero-order valence-electron chi connectivity index (χ0n) is 6.65. The third-order valence-electron chi connectivity index (χ3n) is 2.10. The fourth-order valence-corrected chi connectivity index (χ4v) is 1.57. The second-order valence-corrected chi connectivity index (χ2v) is 3.63. The monoisotopic (exact) mass is 161 g/mol. The lowest BCUT2D eigenvalue weighted by atomic mass is 10.3. The molecule has 0 spiro atoms. The number of hydrogen-bond donors (Lipinski definition) is 0. The fraction of sp³-hybridized carbons (Fsp3) is 1.00. The van der Waals surface area contributed by atoms with Crippen molar-refractivity contribution in [1.29, 1.82) is 0 Å². The molecule has 0 aromatic carbocycles. The highest BCUT2D eigenvalue weighted by Gasteiger charge is 2.13. The van der Waals surface area contributed by atoms with E-state index >= 15 is 0 Å². The first-order chi connectivity index (χ1) is 4.83. The smallest absolute Gasteiger partial charge is 0.0460 e. The van der Waals surface area contributed by atoms with Crippen LogP contribution in [0.1, 0.15) is 26.2 Å². The maximum Gasteiger partial charge on any atom is 0.0460 e. The van der Waals surface area contributed by atoms with Crippen LogP contribution in [0.5, 0.6) is 0 Å². The Balaban J connectivity index is 2.11. The summed E-state index contributed by atoms with van der Waals surface area (Å²) in [5, 5.41) is 0.373. The summed E-state index contributed by atoms with van der Waals surface area (Å²) < 4.78 is 0. The van der Waals surface area contributed by atoms with Crippen molar-refractivity contribution < 1.29 is 0 Å². The minimum Gasteiger partial charge on any atom is -0.302 e. The Hall–Kier alpha value is 0.250. The molecule has 2 heteroatoms. The van der Waals surface area contributed by atoms with Crippen molar-refractivity contribution in [3.05, 3.63) is 0 Å². The first kappa shape index (κ1) is 8.35. The molecule has 0 aromatic heterocycles. The van der Waals surface area contributed by atoms with Gasteiger partial charge in [0.2, 0.25) is 0 Å². The SMILES string of the molecule is CCC(Cl)CN1CCCC1. The van der Waals surface area contributed by atoms with Crippen LogP contribution in [0.15, 0.2) is 0 Å². The van der Waals surface area contributed by atoms with E-state index in [9.17, 15) is 0 Å². The molecule has 0 aliphatic carbocycles. The van der Waals surface area contributed by atoms with Crippen molar-refractivity contribution in [3.8, 4) is 0 Å². The minimum atomic E-state index is 0.373. The molecule has 0 saturated carbocycles. The number of hydrogen-bond acceptors (Lipinski definition) is 1. The lowest BCUT2D eigenvalue weighted by Crippen LogP contribution is -2.26. The van der Waals surface area contributed by atoms with Gasteiger partial charge >= 0.3 is 0 Å². The van der Waals surface area contributed by atoms with Crippen LogP contribution in [-0.4, -0.2) is 29.9 Å². The average molecular weight is 162 g/mol. The maximum atomic E-state index is 6.00. The number of nitrogens with zero attached hydrogens (tertiary/aromatic N) is 1. The average Bonchev–Trinajstić information content (AvgIpc) is 2.40. The van der Waals surface area contributed by atoms with Crippen molar-refractivity contribution in [3.63, 3.8) is 0 Å². The predicted molar refractivity (Wildman–Crippen MR) is 45.6 cm³/mol. The largest absolute Gasteiger partial charge is 0.302 e. The topological polar surface area (TPSA) is 3.24 Å². The predicted octanol–water partition coefficient (Wildman–Crippen LogP) is 2.10. The molecular weight excluding hydrogens is 146 g/mol. The number of likely N-dealkylation sites (tertiary alicyclic amines) is 1. The molecule has 1 fully saturated rings. The van der Waals surface area contributed by atoms with Gasteiger partial charge in [0.05, 0.1) is 0 Å². The summed E-state index contributed by atoms with van der Waals surface area (Å²) in [6.45, 7) is 5.78. The molecule has 0 aromatic rings. The second-order valence-electron chi connectivity index (χ2n) is 3.01. The summed E-state index contributed by atoms with van der Waals surface area (Å²) in [5.74, 6) is 0. The quantitative estimate of drug-likeness (QED) is 0.574. The van der Waals surface area contributed by atoms with Gasteiger partial charge in [-0.3, -0.25) is 0 Å². The molecule has 1 heterocycles. The molecule has 0 N–H and O–H groups in total. The Kier molecular flexibility index (Phi) is 3.50. The summed E-state index contributed by atoms with van der Waals surface area (Å²) >= 11 is 6.00. The molecular formula is C8H16ClN. The Morgan fingerprint density at radius 3 is 2.50 bits per heavy atom. The van der Waals surface area contributed by atoms with Crippen molar-refractivity contribution in [1.82, 2.24) is 4.90 Å². The molecule has 0 bridgehead atoms. The normalized spacial score (nSPS) is 23.4. The Bertz CT molecular complexity index is 89.3. The van der Waals surface area contributed by atoms with Gasteiger partial charge in [0.15, 0.2) is 0 Å². The van der Waals surface area contributed by atoms with E-state index in [-0.39, 0.29) is 0 Å². The van der Waals surface area contributed by atoms with Gasteiger partial charge in [0.25, 0.3) is 0 Å². The molecule has 1 aliphatic heterocycles. The van der Waals surface area contributed by atoms with Crippen LogP contribution >= 0.6 is 11.6 Å². The van der Waals surface area contributed by atoms with Crippen molar-refractivity contribution in [2.75, 3.05) is 19.6 Å². The Morgan fingerprint density at radius 2 is 2.00 bits per heavy atom. The maximum absolute atomic E-state index is 6.00. The van der Waals surface area contributed by atoms with E-state index in [4.69, 9.17) is 11.6 Å². The van der Waals surface area contributed by atoms with Crippen LogP contribution < -0.4 is 0 Å². The van der Waals surface area contributed by atoms with Gasteiger partial charge < -0.3 is 4.90 Å². The highest BCUT2D eigenvalue weighted by molar-refractivity contribution is 6.20. The van der Waals surface area contributed by atoms with Crippen LogP contribution in [0.3, 0.4) is 0 Å². The van der Waals surface area contributed by atoms with Crippen LogP contribution in [0.4, 0.5) is 0 Å². The summed E-state index contributed by atoms with van der Waals surface area (Å²) in [4.78, 5) is 2.46. The summed E-state index contributed by atoms with van der Waals surface area (Å²) in [5.41, 5.74) is 0. The second kappa shape index (κ2) is 4.20. The summed E-state index contributed by atoms with van der Waals surface area (Å²) in [7, 11) is 0. The molecule has 10 heavy (non-hydrogen) atoms. The number of halogens is 1. The molecule has 1 nitrogen and oxygen atoms in total. The van der Waals surface area contributed by atoms with Gasteiger partial charge in [0, 0.05) is 11.9 Å². The van der Waals surface area contributed by atoms with Gasteiger partial charge in [-0.25, -0.2) is 0 Å².